The molecule has 1 unspecified atom stereocenters. The van der Waals surface area contributed by atoms with Gasteiger partial charge in [-0.05, 0) is 38.7 Å². The van der Waals surface area contributed by atoms with Gasteiger partial charge < -0.3 is 16.0 Å². The van der Waals surface area contributed by atoms with Crippen molar-refractivity contribution in [3.63, 3.8) is 0 Å². The summed E-state index contributed by atoms with van der Waals surface area (Å²) < 4.78 is 0. The molecule has 0 radical (unpaired) electrons. The molecular formula is C14H19N3O2S. The standard InChI is InChI=1S/C14H19N3O2S/c1-8-10(15)7-12(20-8)14(19)17-6-2-3-11(17)13(18)16-9-4-5-9/h7,9,11H,2-6,15H2,1H3,(H,16,18). The first-order valence-corrected chi connectivity index (χ1v) is 7.85. The molecule has 1 saturated carbocycles. The van der Waals surface area contributed by atoms with Crippen LogP contribution in [0.5, 0.6) is 0 Å². The van der Waals surface area contributed by atoms with Crippen molar-refractivity contribution in [2.24, 2.45) is 0 Å². The summed E-state index contributed by atoms with van der Waals surface area (Å²) in [6.45, 7) is 2.55. The summed E-state index contributed by atoms with van der Waals surface area (Å²) >= 11 is 1.40. The number of anilines is 1. The van der Waals surface area contributed by atoms with E-state index in [0.717, 1.165) is 30.6 Å². The Balaban J connectivity index is 1.73. The zero-order chi connectivity index (χ0) is 14.3. The number of nitrogens with two attached hydrogens (primary N) is 1. The average Bonchev–Trinajstić information content (AvgIpc) is 2.98. The quantitative estimate of drug-likeness (QED) is 0.887. The maximum absolute atomic E-state index is 12.5. The molecule has 108 valence electrons. The smallest absolute Gasteiger partial charge is 0.264 e. The summed E-state index contributed by atoms with van der Waals surface area (Å²) in [6, 6.07) is 1.74. The Kier molecular flexibility index (Phi) is 3.41. The van der Waals surface area contributed by atoms with Gasteiger partial charge in [0.2, 0.25) is 5.91 Å². The summed E-state index contributed by atoms with van der Waals surface area (Å²) in [5.41, 5.74) is 6.46. The van der Waals surface area contributed by atoms with Crippen molar-refractivity contribution in [1.29, 1.82) is 0 Å². The molecule has 3 N–H and O–H groups in total. The van der Waals surface area contributed by atoms with Gasteiger partial charge in [-0.1, -0.05) is 0 Å². The Morgan fingerprint density at radius 1 is 1.40 bits per heavy atom. The molecule has 1 atom stereocenters. The monoisotopic (exact) mass is 293 g/mol. The van der Waals surface area contributed by atoms with E-state index in [-0.39, 0.29) is 17.9 Å². The molecule has 20 heavy (non-hydrogen) atoms. The largest absolute Gasteiger partial charge is 0.398 e. The van der Waals surface area contributed by atoms with Crippen LogP contribution in [0.3, 0.4) is 0 Å². The van der Waals surface area contributed by atoms with E-state index in [1.165, 1.54) is 11.3 Å². The second-order valence-electron chi connectivity index (χ2n) is 5.56. The highest BCUT2D eigenvalue weighted by Gasteiger charge is 2.37. The van der Waals surface area contributed by atoms with Crippen LogP contribution in [0.25, 0.3) is 0 Å². The second-order valence-corrected chi connectivity index (χ2v) is 6.82. The Hall–Kier alpha value is -1.56. The minimum atomic E-state index is -0.313. The fourth-order valence-electron chi connectivity index (χ4n) is 2.55. The molecule has 3 rings (SSSR count). The molecule has 5 nitrogen and oxygen atoms in total. The van der Waals surface area contributed by atoms with E-state index >= 15 is 0 Å². The van der Waals surface area contributed by atoms with Gasteiger partial charge in [-0.2, -0.15) is 0 Å². The van der Waals surface area contributed by atoms with Crippen molar-refractivity contribution in [2.45, 2.75) is 44.7 Å². The van der Waals surface area contributed by atoms with Crippen molar-refractivity contribution in [2.75, 3.05) is 12.3 Å². The fraction of sp³-hybridized carbons (Fsp3) is 0.571. The minimum absolute atomic E-state index is 0.000370. The molecule has 0 bridgehead atoms. The van der Waals surface area contributed by atoms with Crippen LogP contribution >= 0.6 is 11.3 Å². The Bertz CT molecular complexity index is 531. The van der Waals surface area contributed by atoms with Crippen LogP contribution < -0.4 is 11.1 Å². The Morgan fingerprint density at radius 2 is 2.15 bits per heavy atom. The number of amides is 2. The lowest BCUT2D eigenvalue weighted by atomic mass is 10.2. The SMILES string of the molecule is Cc1sc(C(=O)N2CCCC2C(=O)NC2CC2)cc1N. The summed E-state index contributed by atoms with van der Waals surface area (Å²) in [4.78, 5) is 28.0. The summed E-state index contributed by atoms with van der Waals surface area (Å²) in [6.07, 6.45) is 3.76. The van der Waals surface area contributed by atoms with Crippen LogP contribution in [0, 0.1) is 6.92 Å². The molecule has 6 heteroatoms. The molecule has 1 aliphatic carbocycles. The van der Waals surface area contributed by atoms with E-state index in [1.54, 1.807) is 11.0 Å². The molecular weight excluding hydrogens is 274 g/mol. The zero-order valence-corrected chi connectivity index (χ0v) is 12.3. The molecule has 1 aliphatic heterocycles. The highest BCUT2D eigenvalue weighted by Crippen LogP contribution is 2.28. The Morgan fingerprint density at radius 3 is 2.75 bits per heavy atom. The van der Waals surface area contributed by atoms with Gasteiger partial charge in [0.05, 0.1) is 4.88 Å². The van der Waals surface area contributed by atoms with Crippen molar-refractivity contribution < 1.29 is 9.59 Å². The van der Waals surface area contributed by atoms with Gasteiger partial charge >= 0.3 is 0 Å². The van der Waals surface area contributed by atoms with Crippen LogP contribution in [0.15, 0.2) is 6.07 Å². The van der Waals surface area contributed by atoms with Crippen molar-refractivity contribution in [3.05, 3.63) is 15.8 Å². The van der Waals surface area contributed by atoms with Crippen LogP contribution in [0.1, 0.15) is 40.2 Å². The number of nitrogen functional groups attached to an aromatic ring is 1. The highest BCUT2D eigenvalue weighted by atomic mass is 32.1. The lowest BCUT2D eigenvalue weighted by molar-refractivity contribution is -0.125. The van der Waals surface area contributed by atoms with Crippen LogP contribution in [-0.4, -0.2) is 35.3 Å². The summed E-state index contributed by atoms with van der Waals surface area (Å²) in [5.74, 6) is -0.0668. The minimum Gasteiger partial charge on any atom is -0.398 e. The third-order valence-corrected chi connectivity index (χ3v) is 4.96. The fourth-order valence-corrected chi connectivity index (χ4v) is 3.45. The molecule has 2 fully saturated rings. The van der Waals surface area contributed by atoms with Gasteiger partial charge in [0.15, 0.2) is 0 Å². The van der Waals surface area contributed by atoms with E-state index in [2.05, 4.69) is 5.32 Å². The van der Waals surface area contributed by atoms with E-state index in [9.17, 15) is 9.59 Å². The molecule has 0 spiro atoms. The molecule has 2 aliphatic rings. The molecule has 0 aromatic carbocycles. The zero-order valence-electron chi connectivity index (χ0n) is 11.5. The number of aryl methyl sites for hydroxylation is 1. The van der Waals surface area contributed by atoms with Gasteiger partial charge in [-0.15, -0.1) is 11.3 Å². The lowest BCUT2D eigenvalue weighted by Gasteiger charge is -2.23. The van der Waals surface area contributed by atoms with E-state index in [4.69, 9.17) is 5.73 Å². The van der Waals surface area contributed by atoms with Gasteiger partial charge in [-0.3, -0.25) is 9.59 Å². The normalized spacial score (nSPS) is 22.1. The van der Waals surface area contributed by atoms with Crippen molar-refractivity contribution in [3.8, 4) is 0 Å². The second kappa shape index (κ2) is 5.09. The van der Waals surface area contributed by atoms with Crippen LogP contribution in [-0.2, 0) is 4.79 Å². The van der Waals surface area contributed by atoms with Gasteiger partial charge in [0.1, 0.15) is 6.04 Å². The van der Waals surface area contributed by atoms with E-state index in [1.807, 2.05) is 6.92 Å². The van der Waals surface area contributed by atoms with Gasteiger partial charge in [-0.25, -0.2) is 0 Å². The van der Waals surface area contributed by atoms with Crippen molar-refractivity contribution in [1.82, 2.24) is 10.2 Å². The molecule has 1 aromatic rings. The first-order chi connectivity index (χ1) is 9.56. The number of carbonyl (C=O) groups excluding carboxylic acids is 2. The molecule has 2 heterocycles. The number of nitrogens with one attached hydrogen (secondary N) is 1. The van der Waals surface area contributed by atoms with Crippen LogP contribution in [0.4, 0.5) is 5.69 Å². The lowest BCUT2D eigenvalue weighted by Crippen LogP contribution is -2.46. The van der Waals surface area contributed by atoms with Crippen LogP contribution in [0.2, 0.25) is 0 Å². The predicted molar refractivity (Wildman–Crippen MR) is 78.7 cm³/mol. The van der Waals surface area contributed by atoms with E-state index < -0.39 is 0 Å². The Labute approximate surface area is 122 Å². The number of rotatable bonds is 3. The molecule has 2 amide bonds. The molecule has 1 saturated heterocycles. The highest BCUT2D eigenvalue weighted by molar-refractivity contribution is 7.14. The van der Waals surface area contributed by atoms with Crippen molar-refractivity contribution >= 4 is 28.8 Å². The summed E-state index contributed by atoms with van der Waals surface area (Å²) in [5, 5.41) is 2.99. The first kappa shape index (κ1) is 13.4. The molecule has 1 aromatic heterocycles. The topological polar surface area (TPSA) is 75.4 Å². The first-order valence-electron chi connectivity index (χ1n) is 7.03. The number of likely N-dealkylation sites (tertiary alicyclic amines) is 1. The maximum Gasteiger partial charge on any atom is 0.264 e. The summed E-state index contributed by atoms with van der Waals surface area (Å²) in [7, 11) is 0. The van der Waals surface area contributed by atoms with Gasteiger partial charge in [0.25, 0.3) is 5.91 Å². The number of thiophene rings is 1. The average molecular weight is 293 g/mol. The third kappa shape index (κ3) is 2.52. The predicted octanol–water partition coefficient (Wildman–Crippen LogP) is 1.52. The van der Waals surface area contributed by atoms with E-state index in [0.29, 0.717) is 23.2 Å². The number of hydrogen-bond donors (Lipinski definition) is 2. The third-order valence-electron chi connectivity index (χ3n) is 3.91. The maximum atomic E-state index is 12.5. The number of hydrogen-bond acceptors (Lipinski definition) is 4. The number of nitrogens with zero attached hydrogens (tertiary/aromatic N) is 1. The van der Waals surface area contributed by atoms with Gasteiger partial charge in [0, 0.05) is 23.2 Å². The number of carbonyl (C=O) groups is 2.